The highest BCUT2D eigenvalue weighted by atomic mass is 16.6. The van der Waals surface area contributed by atoms with Crippen molar-refractivity contribution in [2.45, 2.75) is 39.8 Å². The number of hydrogen-bond acceptors (Lipinski definition) is 3. The van der Waals surface area contributed by atoms with E-state index < -0.39 is 18.0 Å². The van der Waals surface area contributed by atoms with Gasteiger partial charge in [-0.1, -0.05) is 13.8 Å². The fourth-order valence-corrected chi connectivity index (χ4v) is 0.941. The Morgan fingerprint density at radius 1 is 1.21 bits per heavy atom. The summed E-state index contributed by atoms with van der Waals surface area (Å²) in [5.74, 6) is -0.604. The topological polar surface area (TPSA) is 81.4 Å². The number of carbonyl (C=O) groups excluding carboxylic acids is 2. The third-order valence-electron chi connectivity index (χ3n) is 1.59. The van der Waals surface area contributed by atoms with Gasteiger partial charge in [-0.2, -0.15) is 0 Å². The average molecular weight is 202 g/mol. The van der Waals surface area contributed by atoms with Crippen molar-refractivity contribution in [3.05, 3.63) is 0 Å². The van der Waals surface area contributed by atoms with Crippen LogP contribution in [-0.4, -0.2) is 24.1 Å². The number of nitrogens with one attached hydrogen (secondary N) is 1. The zero-order valence-electron chi connectivity index (χ0n) is 9.03. The lowest BCUT2D eigenvalue weighted by molar-refractivity contribution is -0.120. The zero-order chi connectivity index (χ0) is 11.3. The first-order valence-corrected chi connectivity index (χ1v) is 4.61. The summed E-state index contributed by atoms with van der Waals surface area (Å²) >= 11 is 0. The zero-order valence-corrected chi connectivity index (χ0v) is 9.03. The molecular formula is C9H18N2O3. The van der Waals surface area contributed by atoms with Crippen molar-refractivity contribution in [3.8, 4) is 0 Å². The first kappa shape index (κ1) is 12.7. The molecule has 0 heterocycles. The summed E-state index contributed by atoms with van der Waals surface area (Å²) in [5, 5.41) is 2.41. The van der Waals surface area contributed by atoms with E-state index in [0.717, 1.165) is 0 Å². The van der Waals surface area contributed by atoms with Gasteiger partial charge in [0.25, 0.3) is 0 Å². The van der Waals surface area contributed by atoms with Gasteiger partial charge in [-0.15, -0.1) is 0 Å². The van der Waals surface area contributed by atoms with Crippen molar-refractivity contribution in [2.24, 2.45) is 11.7 Å². The van der Waals surface area contributed by atoms with Gasteiger partial charge < -0.3 is 15.8 Å². The standard InChI is InChI=1S/C9H18N2O3/c1-5(2)7(8(10)12)11-9(13)14-6(3)4/h5-7H,1-4H3,(H2,10,12)(H,11,13)/t7-/m0/s1. The fourth-order valence-electron chi connectivity index (χ4n) is 0.941. The number of alkyl carbamates (subject to hydrolysis) is 1. The third-order valence-corrected chi connectivity index (χ3v) is 1.59. The first-order valence-electron chi connectivity index (χ1n) is 4.61. The number of hydrogen-bond donors (Lipinski definition) is 2. The Kier molecular flexibility index (Phi) is 4.97. The number of rotatable bonds is 4. The monoisotopic (exact) mass is 202 g/mol. The van der Waals surface area contributed by atoms with E-state index in [1.54, 1.807) is 27.7 Å². The number of amides is 2. The van der Waals surface area contributed by atoms with Gasteiger partial charge in [0.15, 0.2) is 0 Å². The lowest BCUT2D eigenvalue weighted by atomic mass is 10.0. The largest absolute Gasteiger partial charge is 0.447 e. The van der Waals surface area contributed by atoms with Gasteiger partial charge in [0.05, 0.1) is 6.10 Å². The van der Waals surface area contributed by atoms with E-state index in [4.69, 9.17) is 10.5 Å². The summed E-state index contributed by atoms with van der Waals surface area (Å²) < 4.78 is 4.82. The van der Waals surface area contributed by atoms with Crippen LogP contribution in [0.3, 0.4) is 0 Å². The Hall–Kier alpha value is -1.26. The molecular weight excluding hydrogens is 184 g/mol. The predicted molar refractivity (Wildman–Crippen MR) is 52.6 cm³/mol. The Balaban J connectivity index is 4.17. The van der Waals surface area contributed by atoms with Gasteiger partial charge in [0.1, 0.15) is 6.04 Å². The molecule has 0 saturated carbocycles. The van der Waals surface area contributed by atoms with Crippen LogP contribution in [0, 0.1) is 5.92 Å². The minimum atomic E-state index is -0.679. The molecule has 0 spiro atoms. The van der Waals surface area contributed by atoms with Gasteiger partial charge >= 0.3 is 6.09 Å². The van der Waals surface area contributed by atoms with Crippen molar-refractivity contribution < 1.29 is 14.3 Å². The van der Waals surface area contributed by atoms with Crippen LogP contribution >= 0.6 is 0 Å². The molecule has 0 aliphatic rings. The van der Waals surface area contributed by atoms with Crippen LogP contribution in [0.5, 0.6) is 0 Å². The molecule has 1 atom stereocenters. The summed E-state index contributed by atoms with van der Waals surface area (Å²) in [4.78, 5) is 22.0. The minimum Gasteiger partial charge on any atom is -0.447 e. The lowest BCUT2D eigenvalue weighted by Gasteiger charge is -2.19. The molecule has 0 aliphatic heterocycles. The molecule has 0 aromatic carbocycles. The molecule has 3 N–H and O–H groups in total. The summed E-state index contributed by atoms with van der Waals surface area (Å²) in [6, 6.07) is -0.679. The molecule has 0 bridgehead atoms. The number of primary amides is 1. The van der Waals surface area contributed by atoms with Crippen molar-refractivity contribution >= 4 is 12.0 Å². The van der Waals surface area contributed by atoms with Crippen LogP contribution in [0.2, 0.25) is 0 Å². The van der Waals surface area contributed by atoms with E-state index in [9.17, 15) is 9.59 Å². The second-order valence-corrected chi connectivity index (χ2v) is 3.72. The highest BCUT2D eigenvalue weighted by Gasteiger charge is 2.22. The maximum atomic E-state index is 11.1. The average Bonchev–Trinajstić information content (AvgIpc) is 1.97. The Morgan fingerprint density at radius 2 is 1.71 bits per heavy atom. The first-order chi connectivity index (χ1) is 6.34. The molecule has 0 rings (SSSR count). The Labute approximate surface area is 84.0 Å². The van der Waals surface area contributed by atoms with Crippen LogP contribution in [-0.2, 0) is 9.53 Å². The highest BCUT2D eigenvalue weighted by molar-refractivity contribution is 5.84. The van der Waals surface area contributed by atoms with Gasteiger partial charge in [0.2, 0.25) is 5.91 Å². The molecule has 0 unspecified atom stereocenters. The second-order valence-electron chi connectivity index (χ2n) is 3.72. The summed E-state index contributed by atoms with van der Waals surface area (Å²) in [7, 11) is 0. The van der Waals surface area contributed by atoms with Crippen LogP contribution in [0.4, 0.5) is 4.79 Å². The SMILES string of the molecule is CC(C)OC(=O)N[C@H](C(N)=O)C(C)C. The maximum absolute atomic E-state index is 11.1. The molecule has 0 aliphatic carbocycles. The molecule has 0 saturated heterocycles. The van der Waals surface area contributed by atoms with Crippen molar-refractivity contribution in [3.63, 3.8) is 0 Å². The van der Waals surface area contributed by atoms with Crippen molar-refractivity contribution in [2.75, 3.05) is 0 Å². The van der Waals surface area contributed by atoms with E-state index in [-0.39, 0.29) is 12.0 Å². The predicted octanol–water partition coefficient (Wildman–Crippen LogP) is 0.631. The molecule has 0 aromatic rings. The fraction of sp³-hybridized carbons (Fsp3) is 0.778. The molecule has 0 radical (unpaired) electrons. The van der Waals surface area contributed by atoms with E-state index in [1.807, 2.05) is 0 Å². The van der Waals surface area contributed by atoms with Crippen molar-refractivity contribution in [1.82, 2.24) is 5.32 Å². The van der Waals surface area contributed by atoms with E-state index in [1.165, 1.54) is 0 Å². The third kappa shape index (κ3) is 4.69. The van der Waals surface area contributed by atoms with E-state index in [0.29, 0.717) is 0 Å². The smallest absolute Gasteiger partial charge is 0.408 e. The van der Waals surface area contributed by atoms with E-state index in [2.05, 4.69) is 5.32 Å². The van der Waals surface area contributed by atoms with Crippen LogP contribution in [0.1, 0.15) is 27.7 Å². The molecule has 2 amide bonds. The minimum absolute atomic E-state index is 0.0489. The summed E-state index contributed by atoms with van der Waals surface area (Å²) in [6.45, 7) is 7.05. The molecule has 0 aromatic heterocycles. The van der Waals surface area contributed by atoms with Gasteiger partial charge in [-0.3, -0.25) is 4.79 Å². The molecule has 14 heavy (non-hydrogen) atoms. The highest BCUT2D eigenvalue weighted by Crippen LogP contribution is 2.01. The summed E-state index contributed by atoms with van der Waals surface area (Å²) in [6.07, 6.45) is -0.826. The van der Waals surface area contributed by atoms with Crippen LogP contribution in [0.25, 0.3) is 0 Å². The van der Waals surface area contributed by atoms with Gasteiger partial charge in [0, 0.05) is 0 Å². The molecule has 0 fully saturated rings. The number of carbonyl (C=O) groups is 2. The lowest BCUT2D eigenvalue weighted by Crippen LogP contribution is -2.48. The Morgan fingerprint density at radius 3 is 2.00 bits per heavy atom. The molecule has 82 valence electrons. The van der Waals surface area contributed by atoms with Crippen molar-refractivity contribution in [1.29, 1.82) is 0 Å². The van der Waals surface area contributed by atoms with Crippen LogP contribution in [0.15, 0.2) is 0 Å². The maximum Gasteiger partial charge on any atom is 0.408 e. The van der Waals surface area contributed by atoms with Gasteiger partial charge in [-0.05, 0) is 19.8 Å². The normalized spacial score (nSPS) is 12.7. The Bertz CT molecular complexity index is 214. The second kappa shape index (κ2) is 5.47. The summed E-state index contributed by atoms with van der Waals surface area (Å²) in [5.41, 5.74) is 5.11. The number of ether oxygens (including phenoxy) is 1. The van der Waals surface area contributed by atoms with E-state index >= 15 is 0 Å². The molecule has 5 nitrogen and oxygen atoms in total. The quantitative estimate of drug-likeness (QED) is 0.701. The molecule has 5 heteroatoms. The van der Waals surface area contributed by atoms with Crippen LogP contribution < -0.4 is 11.1 Å². The number of nitrogens with two attached hydrogens (primary N) is 1. The van der Waals surface area contributed by atoms with Gasteiger partial charge in [-0.25, -0.2) is 4.79 Å².